The van der Waals surface area contributed by atoms with E-state index in [9.17, 15) is 8.42 Å². The first-order chi connectivity index (χ1) is 10.0. The van der Waals surface area contributed by atoms with Crippen molar-refractivity contribution in [2.75, 3.05) is 18.4 Å². The van der Waals surface area contributed by atoms with Gasteiger partial charge in [0.2, 0.25) is 10.0 Å². The summed E-state index contributed by atoms with van der Waals surface area (Å²) in [5.74, 6) is 1.89. The number of rotatable bonds is 7. The molecule has 5 nitrogen and oxygen atoms in total. The Hall–Kier alpha value is -1.14. The Morgan fingerprint density at radius 3 is 2.71 bits per heavy atom. The van der Waals surface area contributed by atoms with Crippen LogP contribution in [-0.4, -0.2) is 26.5 Å². The number of nitrogens with one attached hydrogen (secondary N) is 2. The van der Waals surface area contributed by atoms with Crippen molar-refractivity contribution < 1.29 is 8.42 Å². The lowest BCUT2D eigenvalue weighted by Crippen LogP contribution is -2.28. The Bertz CT molecular complexity index is 543. The number of nitrogens with zero attached hydrogens (tertiary/aromatic N) is 1. The van der Waals surface area contributed by atoms with Crippen molar-refractivity contribution in [3.8, 4) is 0 Å². The quantitative estimate of drug-likeness (QED) is 0.812. The van der Waals surface area contributed by atoms with E-state index in [2.05, 4.69) is 28.9 Å². The van der Waals surface area contributed by atoms with Gasteiger partial charge in [-0.3, -0.25) is 0 Å². The molecule has 1 fully saturated rings. The normalized spacial score (nSPS) is 22.4. The van der Waals surface area contributed by atoms with Crippen LogP contribution in [0, 0.1) is 11.8 Å². The molecule has 1 aliphatic rings. The van der Waals surface area contributed by atoms with Gasteiger partial charge in [0.05, 0.1) is 0 Å². The van der Waals surface area contributed by atoms with E-state index in [1.807, 2.05) is 0 Å². The van der Waals surface area contributed by atoms with E-state index in [4.69, 9.17) is 0 Å². The number of pyridine rings is 1. The highest BCUT2D eigenvalue weighted by molar-refractivity contribution is 7.89. The minimum absolute atomic E-state index is 0.232. The Morgan fingerprint density at radius 2 is 2.14 bits per heavy atom. The molecule has 0 radical (unpaired) electrons. The van der Waals surface area contributed by atoms with Gasteiger partial charge in [0.15, 0.2) is 0 Å². The Labute approximate surface area is 127 Å². The average Bonchev–Trinajstić information content (AvgIpc) is 2.89. The number of hydrogen-bond acceptors (Lipinski definition) is 4. The number of anilines is 1. The van der Waals surface area contributed by atoms with E-state index in [1.54, 1.807) is 12.1 Å². The zero-order chi connectivity index (χ0) is 15.3. The maximum Gasteiger partial charge on any atom is 0.242 e. The zero-order valence-electron chi connectivity index (χ0n) is 12.8. The van der Waals surface area contributed by atoms with E-state index < -0.39 is 10.0 Å². The van der Waals surface area contributed by atoms with Gasteiger partial charge < -0.3 is 5.32 Å². The second-order valence-electron chi connectivity index (χ2n) is 5.94. The minimum atomic E-state index is -3.44. The standard InChI is InChI=1S/C15H25N3O2S/c1-3-8-16-15-7-6-14(11-17-15)21(19,20)18-10-13-5-4-12(2)9-13/h6-7,11-13,18H,3-5,8-10H2,1-2H3,(H,16,17). The first kappa shape index (κ1) is 16.2. The molecule has 2 rings (SSSR count). The van der Waals surface area contributed by atoms with Gasteiger partial charge in [-0.15, -0.1) is 0 Å². The van der Waals surface area contributed by atoms with Gasteiger partial charge >= 0.3 is 0 Å². The summed E-state index contributed by atoms with van der Waals surface area (Å²) in [6, 6.07) is 3.31. The molecule has 118 valence electrons. The fraction of sp³-hybridized carbons (Fsp3) is 0.667. The lowest BCUT2D eigenvalue weighted by molar-refractivity contribution is 0.498. The van der Waals surface area contributed by atoms with Gasteiger partial charge in [-0.2, -0.15) is 0 Å². The second-order valence-corrected chi connectivity index (χ2v) is 7.71. The number of aromatic nitrogens is 1. The van der Waals surface area contributed by atoms with Gasteiger partial charge in [0, 0.05) is 19.3 Å². The summed E-state index contributed by atoms with van der Waals surface area (Å²) in [5.41, 5.74) is 0. The molecule has 0 bridgehead atoms. The molecule has 1 saturated carbocycles. The van der Waals surface area contributed by atoms with E-state index in [0.717, 1.165) is 25.8 Å². The predicted octanol–water partition coefficient (Wildman–Crippen LogP) is 2.62. The average molecular weight is 311 g/mol. The van der Waals surface area contributed by atoms with E-state index >= 15 is 0 Å². The third-order valence-corrected chi connectivity index (χ3v) is 5.38. The summed E-state index contributed by atoms with van der Waals surface area (Å²) in [4.78, 5) is 4.38. The van der Waals surface area contributed by atoms with Crippen LogP contribution in [0.5, 0.6) is 0 Å². The van der Waals surface area contributed by atoms with Crippen molar-refractivity contribution in [3.63, 3.8) is 0 Å². The van der Waals surface area contributed by atoms with Crippen molar-refractivity contribution >= 4 is 15.8 Å². The molecule has 1 heterocycles. The highest BCUT2D eigenvalue weighted by atomic mass is 32.2. The van der Waals surface area contributed by atoms with Crippen LogP contribution in [0.15, 0.2) is 23.2 Å². The van der Waals surface area contributed by atoms with E-state index in [0.29, 0.717) is 24.2 Å². The molecule has 1 aromatic heterocycles. The van der Waals surface area contributed by atoms with Gasteiger partial charge in [0.25, 0.3) is 0 Å². The van der Waals surface area contributed by atoms with Crippen molar-refractivity contribution in [1.29, 1.82) is 0 Å². The fourth-order valence-electron chi connectivity index (χ4n) is 2.72. The summed E-state index contributed by atoms with van der Waals surface area (Å²) in [6.45, 7) is 5.65. The molecule has 0 spiro atoms. The third-order valence-electron chi connectivity index (χ3n) is 3.97. The summed E-state index contributed by atoms with van der Waals surface area (Å²) < 4.78 is 27.2. The van der Waals surface area contributed by atoms with Crippen LogP contribution in [0.2, 0.25) is 0 Å². The second kappa shape index (κ2) is 7.22. The highest BCUT2D eigenvalue weighted by Gasteiger charge is 2.23. The molecule has 0 aromatic carbocycles. The van der Waals surface area contributed by atoms with Gasteiger partial charge in [-0.05, 0) is 43.2 Å². The van der Waals surface area contributed by atoms with Crippen LogP contribution in [0.3, 0.4) is 0 Å². The fourth-order valence-corrected chi connectivity index (χ4v) is 3.78. The summed E-state index contributed by atoms with van der Waals surface area (Å²) in [7, 11) is -3.44. The zero-order valence-corrected chi connectivity index (χ0v) is 13.6. The molecule has 2 atom stereocenters. The molecule has 1 aromatic rings. The van der Waals surface area contributed by atoms with Crippen LogP contribution in [-0.2, 0) is 10.0 Å². The summed E-state index contributed by atoms with van der Waals surface area (Å²) in [6.07, 6.45) is 5.84. The number of hydrogen-bond donors (Lipinski definition) is 2. The molecule has 0 saturated heterocycles. The predicted molar refractivity (Wildman–Crippen MR) is 84.7 cm³/mol. The minimum Gasteiger partial charge on any atom is -0.370 e. The first-order valence-electron chi connectivity index (χ1n) is 7.71. The van der Waals surface area contributed by atoms with Gasteiger partial charge in [-0.1, -0.05) is 20.3 Å². The molecule has 2 unspecified atom stereocenters. The van der Waals surface area contributed by atoms with Crippen LogP contribution < -0.4 is 10.0 Å². The first-order valence-corrected chi connectivity index (χ1v) is 9.19. The maximum absolute atomic E-state index is 12.2. The largest absolute Gasteiger partial charge is 0.370 e. The molecule has 6 heteroatoms. The molecule has 21 heavy (non-hydrogen) atoms. The van der Waals surface area contributed by atoms with Gasteiger partial charge in [0.1, 0.15) is 10.7 Å². The maximum atomic E-state index is 12.2. The van der Waals surface area contributed by atoms with Crippen LogP contribution in [0.25, 0.3) is 0 Å². The Kier molecular flexibility index (Phi) is 5.58. The van der Waals surface area contributed by atoms with Crippen molar-refractivity contribution in [2.24, 2.45) is 11.8 Å². The van der Waals surface area contributed by atoms with Crippen molar-refractivity contribution in [1.82, 2.24) is 9.71 Å². The highest BCUT2D eigenvalue weighted by Crippen LogP contribution is 2.29. The summed E-state index contributed by atoms with van der Waals surface area (Å²) >= 11 is 0. The molecule has 0 amide bonds. The van der Waals surface area contributed by atoms with E-state index in [1.165, 1.54) is 12.6 Å². The summed E-state index contributed by atoms with van der Waals surface area (Å²) in [5, 5.41) is 3.13. The Balaban J connectivity index is 1.92. The molecular weight excluding hydrogens is 286 g/mol. The van der Waals surface area contributed by atoms with E-state index in [-0.39, 0.29) is 4.90 Å². The lowest BCUT2D eigenvalue weighted by Gasteiger charge is -2.12. The van der Waals surface area contributed by atoms with Crippen molar-refractivity contribution in [2.45, 2.75) is 44.4 Å². The van der Waals surface area contributed by atoms with Crippen molar-refractivity contribution in [3.05, 3.63) is 18.3 Å². The van der Waals surface area contributed by atoms with Crippen LogP contribution >= 0.6 is 0 Å². The third kappa shape index (κ3) is 4.68. The number of sulfonamides is 1. The molecule has 0 aliphatic heterocycles. The van der Waals surface area contributed by atoms with Gasteiger partial charge in [-0.25, -0.2) is 18.1 Å². The van der Waals surface area contributed by atoms with Crippen LogP contribution in [0.1, 0.15) is 39.5 Å². The lowest BCUT2D eigenvalue weighted by atomic mass is 10.1. The van der Waals surface area contributed by atoms with Crippen LogP contribution in [0.4, 0.5) is 5.82 Å². The Morgan fingerprint density at radius 1 is 1.33 bits per heavy atom. The molecule has 1 aliphatic carbocycles. The smallest absolute Gasteiger partial charge is 0.242 e. The molecule has 2 N–H and O–H groups in total. The SMILES string of the molecule is CCCNc1ccc(S(=O)(=O)NCC2CCC(C)C2)cn1. The molecular formula is C15H25N3O2S. The topological polar surface area (TPSA) is 71.1 Å². The monoisotopic (exact) mass is 311 g/mol.